The van der Waals surface area contributed by atoms with Crippen molar-refractivity contribution in [3.05, 3.63) is 35.5 Å². The number of nitrogens with one attached hydrogen (secondary N) is 2. The van der Waals surface area contributed by atoms with Crippen molar-refractivity contribution in [2.75, 3.05) is 13.7 Å². The highest BCUT2D eigenvalue weighted by atomic mass is 32.1. The molecule has 2 rings (SSSR count). The Balaban J connectivity index is 1.68. The second kappa shape index (κ2) is 11.3. The number of hydrogen-bond donors (Lipinski definition) is 3. The first-order chi connectivity index (χ1) is 13.1. The largest absolute Gasteiger partial charge is 0.497 e. The van der Waals surface area contributed by atoms with Crippen LogP contribution in [0.3, 0.4) is 0 Å². The number of ether oxygens (including phenoxy) is 1. The summed E-state index contributed by atoms with van der Waals surface area (Å²) in [6.45, 7) is 0.601. The molecule has 0 radical (unpaired) electrons. The summed E-state index contributed by atoms with van der Waals surface area (Å²) in [5, 5.41) is 11.7. The van der Waals surface area contributed by atoms with E-state index < -0.39 is 0 Å². The highest BCUT2D eigenvalue weighted by Gasteiger charge is 2.12. The molecule has 0 aliphatic heterocycles. The average Bonchev–Trinajstić information content (AvgIpc) is 3.20. The molecule has 7 nitrogen and oxygen atoms in total. The Bertz CT molecular complexity index is 748. The molecule has 0 unspecified atom stereocenters. The van der Waals surface area contributed by atoms with E-state index in [-0.39, 0.29) is 11.8 Å². The minimum atomic E-state index is -0.348. The Kier molecular flexibility index (Phi) is 8.73. The molecule has 3 N–H and O–H groups in total. The summed E-state index contributed by atoms with van der Waals surface area (Å²) in [5.41, 5.74) is 2.60. The summed E-state index contributed by atoms with van der Waals surface area (Å²) in [6.07, 6.45) is 6.58. The van der Waals surface area contributed by atoms with Gasteiger partial charge in [0, 0.05) is 19.2 Å². The molecule has 2 aromatic rings. The van der Waals surface area contributed by atoms with Crippen LogP contribution >= 0.6 is 11.3 Å². The number of rotatable bonds is 11. The van der Waals surface area contributed by atoms with Crippen molar-refractivity contribution >= 4 is 23.2 Å². The standard InChI is InChI=1S/C19H25N3O4S/c1-26-15-9-7-8-14(12-15)16-13-21-19(27-16)18(24)20-11-6-4-2-3-5-10-17(23)22-25/h7-9,12-13,25H,2-6,10-11H2,1H3,(H,20,24)(H,22,23). The number of amides is 2. The molecule has 1 heterocycles. The number of nitrogens with zero attached hydrogens (tertiary/aromatic N) is 1. The Morgan fingerprint density at radius 3 is 2.74 bits per heavy atom. The van der Waals surface area contributed by atoms with E-state index in [1.54, 1.807) is 18.8 Å². The van der Waals surface area contributed by atoms with Gasteiger partial charge in [0.05, 0.1) is 12.0 Å². The van der Waals surface area contributed by atoms with Crippen molar-refractivity contribution in [1.29, 1.82) is 0 Å². The average molecular weight is 391 g/mol. The fourth-order valence-corrected chi connectivity index (χ4v) is 3.39. The summed E-state index contributed by atoms with van der Waals surface area (Å²) < 4.78 is 5.22. The number of aromatic nitrogens is 1. The fourth-order valence-electron chi connectivity index (χ4n) is 2.56. The molecule has 0 bridgehead atoms. The van der Waals surface area contributed by atoms with Crippen molar-refractivity contribution in [2.24, 2.45) is 0 Å². The lowest BCUT2D eigenvalue weighted by molar-refractivity contribution is -0.129. The topological polar surface area (TPSA) is 101 Å². The smallest absolute Gasteiger partial charge is 0.280 e. The minimum absolute atomic E-state index is 0.159. The highest BCUT2D eigenvalue weighted by molar-refractivity contribution is 7.16. The van der Waals surface area contributed by atoms with Gasteiger partial charge < -0.3 is 10.1 Å². The van der Waals surface area contributed by atoms with Gasteiger partial charge in [0.1, 0.15) is 5.75 Å². The molecule has 0 aliphatic carbocycles. The zero-order valence-electron chi connectivity index (χ0n) is 15.4. The lowest BCUT2D eigenvalue weighted by Crippen LogP contribution is -2.24. The third-order valence-electron chi connectivity index (χ3n) is 4.05. The van der Waals surface area contributed by atoms with Crippen molar-refractivity contribution in [3.63, 3.8) is 0 Å². The van der Waals surface area contributed by atoms with Gasteiger partial charge in [-0.25, -0.2) is 10.5 Å². The number of carbonyl (C=O) groups is 2. The molecule has 146 valence electrons. The van der Waals surface area contributed by atoms with Gasteiger partial charge in [-0.1, -0.05) is 31.4 Å². The van der Waals surface area contributed by atoms with Crippen LogP contribution in [0.25, 0.3) is 10.4 Å². The van der Waals surface area contributed by atoms with E-state index in [1.165, 1.54) is 11.3 Å². The molecule has 8 heteroatoms. The van der Waals surface area contributed by atoms with E-state index in [9.17, 15) is 9.59 Å². The van der Waals surface area contributed by atoms with Crippen LogP contribution in [0.15, 0.2) is 30.5 Å². The summed E-state index contributed by atoms with van der Waals surface area (Å²) in [4.78, 5) is 28.2. The molecule has 0 fully saturated rings. The van der Waals surface area contributed by atoms with Crippen LogP contribution in [0.1, 0.15) is 48.3 Å². The predicted octanol–water partition coefficient (Wildman–Crippen LogP) is 3.39. The molecule has 0 saturated carbocycles. The maximum atomic E-state index is 12.2. The fraction of sp³-hybridized carbons (Fsp3) is 0.421. The SMILES string of the molecule is COc1cccc(-c2cnc(C(=O)NCCCCCCCC(=O)NO)s2)c1. The second-order valence-electron chi connectivity index (χ2n) is 6.07. The summed E-state index contributed by atoms with van der Waals surface area (Å²) in [6, 6.07) is 7.66. The normalized spacial score (nSPS) is 10.4. The molecule has 0 aliphatic rings. The van der Waals surface area contributed by atoms with Gasteiger partial charge in [-0.2, -0.15) is 0 Å². The van der Waals surface area contributed by atoms with Crippen LogP contribution < -0.4 is 15.5 Å². The van der Waals surface area contributed by atoms with Crippen LogP contribution in [-0.4, -0.2) is 35.7 Å². The molecule has 1 aromatic carbocycles. The zero-order valence-corrected chi connectivity index (χ0v) is 16.2. The van der Waals surface area contributed by atoms with Crippen molar-refractivity contribution in [3.8, 4) is 16.2 Å². The third-order valence-corrected chi connectivity index (χ3v) is 5.09. The van der Waals surface area contributed by atoms with Crippen molar-refractivity contribution < 1.29 is 19.5 Å². The molecule has 2 amide bonds. The Morgan fingerprint density at radius 2 is 1.96 bits per heavy atom. The number of thiazole rings is 1. The lowest BCUT2D eigenvalue weighted by atomic mass is 10.1. The molecule has 0 spiro atoms. The maximum absolute atomic E-state index is 12.2. The quantitative estimate of drug-likeness (QED) is 0.310. The molecule has 27 heavy (non-hydrogen) atoms. The lowest BCUT2D eigenvalue weighted by Gasteiger charge is -2.03. The highest BCUT2D eigenvalue weighted by Crippen LogP contribution is 2.28. The monoisotopic (exact) mass is 391 g/mol. The van der Waals surface area contributed by atoms with Crippen LogP contribution in [0.2, 0.25) is 0 Å². The van der Waals surface area contributed by atoms with E-state index in [1.807, 2.05) is 24.3 Å². The molecule has 0 atom stereocenters. The molecular weight excluding hydrogens is 366 g/mol. The van der Waals surface area contributed by atoms with Crippen LogP contribution in [-0.2, 0) is 4.79 Å². The van der Waals surface area contributed by atoms with E-state index in [0.29, 0.717) is 18.0 Å². The van der Waals surface area contributed by atoms with Gasteiger partial charge in [0.15, 0.2) is 5.01 Å². The number of hydrogen-bond acceptors (Lipinski definition) is 6. The number of carbonyl (C=O) groups excluding carboxylic acids is 2. The van der Waals surface area contributed by atoms with E-state index in [0.717, 1.165) is 48.3 Å². The predicted molar refractivity (Wildman–Crippen MR) is 104 cm³/mol. The number of methoxy groups -OCH3 is 1. The summed E-state index contributed by atoms with van der Waals surface area (Å²) in [5.74, 6) is 0.261. The van der Waals surface area contributed by atoms with Crippen molar-refractivity contribution in [1.82, 2.24) is 15.8 Å². The zero-order chi connectivity index (χ0) is 19.5. The van der Waals surface area contributed by atoms with Crippen LogP contribution in [0, 0.1) is 0 Å². The van der Waals surface area contributed by atoms with Gasteiger partial charge in [-0.15, -0.1) is 11.3 Å². The first kappa shape index (κ1) is 20.9. The molecule has 1 aromatic heterocycles. The van der Waals surface area contributed by atoms with Gasteiger partial charge in [-0.3, -0.25) is 14.8 Å². The van der Waals surface area contributed by atoms with Gasteiger partial charge in [-0.05, 0) is 30.5 Å². The Hall–Kier alpha value is -2.45. The van der Waals surface area contributed by atoms with E-state index >= 15 is 0 Å². The van der Waals surface area contributed by atoms with Crippen LogP contribution in [0.5, 0.6) is 5.75 Å². The van der Waals surface area contributed by atoms with Crippen LogP contribution in [0.4, 0.5) is 0 Å². The van der Waals surface area contributed by atoms with Gasteiger partial charge in [0.25, 0.3) is 5.91 Å². The third kappa shape index (κ3) is 6.99. The second-order valence-corrected chi connectivity index (χ2v) is 7.10. The van der Waals surface area contributed by atoms with Gasteiger partial charge >= 0.3 is 0 Å². The van der Waals surface area contributed by atoms with Crippen molar-refractivity contribution in [2.45, 2.75) is 38.5 Å². The Labute approximate surface area is 162 Å². The number of hydroxylamine groups is 1. The number of unbranched alkanes of at least 4 members (excludes halogenated alkanes) is 4. The first-order valence-corrected chi connectivity index (χ1v) is 9.77. The van der Waals surface area contributed by atoms with E-state index in [4.69, 9.17) is 9.94 Å². The maximum Gasteiger partial charge on any atom is 0.280 e. The first-order valence-electron chi connectivity index (χ1n) is 8.95. The van der Waals surface area contributed by atoms with Gasteiger partial charge in [0.2, 0.25) is 5.91 Å². The minimum Gasteiger partial charge on any atom is -0.497 e. The summed E-state index contributed by atoms with van der Waals surface area (Å²) >= 11 is 1.36. The van der Waals surface area contributed by atoms with E-state index in [2.05, 4.69) is 10.3 Å². The summed E-state index contributed by atoms with van der Waals surface area (Å²) in [7, 11) is 1.62. The Morgan fingerprint density at radius 1 is 1.19 bits per heavy atom. The molecule has 0 saturated heterocycles. The molecular formula is C19H25N3O4S. The number of benzene rings is 1.